The van der Waals surface area contributed by atoms with Gasteiger partial charge in [0.1, 0.15) is 10.9 Å². The molecule has 0 saturated heterocycles. The molecule has 0 fully saturated rings. The van der Waals surface area contributed by atoms with Crippen LogP contribution in [-0.2, 0) is 0 Å². The molecular formula is C10H9ClN2O. The lowest BCUT2D eigenvalue weighted by atomic mass is 10.2. The molecule has 4 heteroatoms. The fourth-order valence-corrected chi connectivity index (χ4v) is 1.43. The van der Waals surface area contributed by atoms with Gasteiger partial charge in [-0.1, -0.05) is 11.6 Å². The second-order valence-electron chi connectivity index (χ2n) is 2.79. The number of aromatic nitrogens is 2. The number of H-pyrrole nitrogens is 1. The number of methoxy groups -OCH3 is 1. The van der Waals surface area contributed by atoms with Crippen LogP contribution in [0.1, 0.15) is 0 Å². The van der Waals surface area contributed by atoms with Crippen LogP contribution >= 0.6 is 11.6 Å². The first kappa shape index (κ1) is 9.09. The summed E-state index contributed by atoms with van der Waals surface area (Å²) in [6.07, 6.45) is 3.54. The minimum atomic E-state index is 0.428. The molecular weight excluding hydrogens is 200 g/mol. The lowest BCUT2D eigenvalue weighted by Gasteiger charge is -2.06. The van der Waals surface area contributed by atoms with Crippen molar-refractivity contribution in [2.75, 3.05) is 7.11 Å². The number of nitrogens with zero attached hydrogens (tertiary/aromatic N) is 1. The Kier molecular flexibility index (Phi) is 2.41. The average molecular weight is 209 g/mol. The van der Waals surface area contributed by atoms with E-state index in [0.717, 1.165) is 11.3 Å². The number of pyridine rings is 1. The van der Waals surface area contributed by atoms with E-state index in [1.807, 2.05) is 18.3 Å². The summed E-state index contributed by atoms with van der Waals surface area (Å²) in [5.41, 5.74) is 1.87. The number of halogens is 1. The molecule has 2 heterocycles. The number of hydrogen-bond acceptors (Lipinski definition) is 2. The standard InChI is InChI=1S/C10H9ClN2O/c1-14-9-5-10(11)13-6-7(9)8-3-2-4-12-8/h2-6,12H,1H3. The van der Waals surface area contributed by atoms with E-state index in [4.69, 9.17) is 16.3 Å². The van der Waals surface area contributed by atoms with Crippen molar-refractivity contribution in [3.05, 3.63) is 35.7 Å². The zero-order chi connectivity index (χ0) is 9.97. The third-order valence-electron chi connectivity index (χ3n) is 1.94. The van der Waals surface area contributed by atoms with E-state index >= 15 is 0 Å². The Bertz CT molecular complexity index is 426. The molecule has 0 bridgehead atoms. The Balaban J connectivity index is 2.53. The van der Waals surface area contributed by atoms with Crippen LogP contribution in [-0.4, -0.2) is 17.1 Å². The highest BCUT2D eigenvalue weighted by Crippen LogP contribution is 2.29. The first-order chi connectivity index (χ1) is 6.81. The SMILES string of the molecule is COc1cc(Cl)ncc1-c1ccc[nH]1. The molecule has 0 saturated carbocycles. The van der Waals surface area contributed by atoms with E-state index in [-0.39, 0.29) is 0 Å². The summed E-state index contributed by atoms with van der Waals surface area (Å²) in [5, 5.41) is 0.428. The van der Waals surface area contributed by atoms with Crippen molar-refractivity contribution >= 4 is 11.6 Å². The molecule has 0 radical (unpaired) electrons. The summed E-state index contributed by atoms with van der Waals surface area (Å²) < 4.78 is 5.21. The van der Waals surface area contributed by atoms with Crippen molar-refractivity contribution in [2.45, 2.75) is 0 Å². The normalized spacial score (nSPS) is 10.1. The fourth-order valence-electron chi connectivity index (χ4n) is 1.28. The first-order valence-corrected chi connectivity index (χ1v) is 4.52. The molecule has 2 rings (SSSR count). The van der Waals surface area contributed by atoms with Gasteiger partial charge in [0.2, 0.25) is 0 Å². The van der Waals surface area contributed by atoms with Crippen LogP contribution in [0.2, 0.25) is 5.15 Å². The molecule has 0 aliphatic heterocycles. The maximum atomic E-state index is 5.76. The van der Waals surface area contributed by atoms with Crippen LogP contribution in [0.4, 0.5) is 0 Å². The number of hydrogen-bond donors (Lipinski definition) is 1. The van der Waals surface area contributed by atoms with Crippen LogP contribution in [0.5, 0.6) is 5.75 Å². The Morgan fingerprint density at radius 1 is 1.50 bits per heavy atom. The molecule has 0 aliphatic rings. The molecule has 72 valence electrons. The van der Waals surface area contributed by atoms with Gasteiger partial charge in [0.15, 0.2) is 0 Å². The first-order valence-electron chi connectivity index (χ1n) is 4.14. The van der Waals surface area contributed by atoms with Gasteiger partial charge in [-0.15, -0.1) is 0 Å². The second-order valence-corrected chi connectivity index (χ2v) is 3.18. The van der Waals surface area contributed by atoms with Gasteiger partial charge in [-0.3, -0.25) is 0 Å². The highest BCUT2D eigenvalue weighted by Gasteiger charge is 2.07. The number of nitrogens with one attached hydrogen (secondary N) is 1. The molecule has 0 spiro atoms. The van der Waals surface area contributed by atoms with Crippen LogP contribution in [0.3, 0.4) is 0 Å². The smallest absolute Gasteiger partial charge is 0.132 e. The molecule has 3 nitrogen and oxygen atoms in total. The summed E-state index contributed by atoms with van der Waals surface area (Å²) >= 11 is 5.76. The van der Waals surface area contributed by atoms with Crippen LogP contribution < -0.4 is 4.74 Å². The van der Waals surface area contributed by atoms with Gasteiger partial charge in [-0.2, -0.15) is 0 Å². The molecule has 2 aromatic rings. The van der Waals surface area contributed by atoms with Gasteiger partial charge in [-0.25, -0.2) is 4.98 Å². The van der Waals surface area contributed by atoms with Gasteiger partial charge in [-0.05, 0) is 12.1 Å². The van der Waals surface area contributed by atoms with Gasteiger partial charge >= 0.3 is 0 Å². The Morgan fingerprint density at radius 3 is 3.00 bits per heavy atom. The molecule has 0 unspecified atom stereocenters. The summed E-state index contributed by atoms with van der Waals surface area (Å²) in [4.78, 5) is 7.09. The molecule has 0 aromatic carbocycles. The highest BCUT2D eigenvalue weighted by atomic mass is 35.5. The maximum Gasteiger partial charge on any atom is 0.132 e. The minimum absolute atomic E-state index is 0.428. The van der Waals surface area contributed by atoms with Crippen molar-refractivity contribution in [1.82, 2.24) is 9.97 Å². The topological polar surface area (TPSA) is 37.9 Å². The predicted octanol–water partition coefficient (Wildman–Crippen LogP) is 2.74. The quantitative estimate of drug-likeness (QED) is 0.771. The molecule has 0 aliphatic carbocycles. The number of aromatic amines is 1. The average Bonchev–Trinajstić information content (AvgIpc) is 2.70. The van der Waals surface area contributed by atoms with E-state index in [2.05, 4.69) is 9.97 Å². The fraction of sp³-hybridized carbons (Fsp3) is 0.100. The van der Waals surface area contributed by atoms with Gasteiger partial charge in [0, 0.05) is 18.5 Å². The van der Waals surface area contributed by atoms with Crippen LogP contribution in [0.15, 0.2) is 30.6 Å². The lowest BCUT2D eigenvalue weighted by Crippen LogP contribution is -1.89. The second kappa shape index (κ2) is 3.72. The molecule has 14 heavy (non-hydrogen) atoms. The van der Waals surface area contributed by atoms with Crippen molar-refractivity contribution < 1.29 is 4.74 Å². The maximum absolute atomic E-state index is 5.76. The zero-order valence-electron chi connectivity index (χ0n) is 7.62. The van der Waals surface area contributed by atoms with Gasteiger partial charge < -0.3 is 9.72 Å². The van der Waals surface area contributed by atoms with Crippen molar-refractivity contribution in [2.24, 2.45) is 0 Å². The molecule has 2 aromatic heterocycles. The van der Waals surface area contributed by atoms with Gasteiger partial charge in [0.05, 0.1) is 18.4 Å². The molecule has 0 atom stereocenters. The number of ether oxygens (including phenoxy) is 1. The summed E-state index contributed by atoms with van der Waals surface area (Å²) in [7, 11) is 1.61. The van der Waals surface area contributed by atoms with E-state index in [0.29, 0.717) is 10.9 Å². The van der Waals surface area contributed by atoms with E-state index in [9.17, 15) is 0 Å². The van der Waals surface area contributed by atoms with E-state index in [1.54, 1.807) is 19.4 Å². The third kappa shape index (κ3) is 1.59. The van der Waals surface area contributed by atoms with Crippen molar-refractivity contribution in [1.29, 1.82) is 0 Å². The summed E-state index contributed by atoms with van der Waals surface area (Å²) in [6.45, 7) is 0. The Morgan fingerprint density at radius 2 is 2.36 bits per heavy atom. The highest BCUT2D eigenvalue weighted by molar-refractivity contribution is 6.29. The summed E-state index contributed by atoms with van der Waals surface area (Å²) in [6, 6.07) is 5.56. The number of rotatable bonds is 2. The predicted molar refractivity (Wildman–Crippen MR) is 55.6 cm³/mol. The van der Waals surface area contributed by atoms with Crippen LogP contribution in [0, 0.1) is 0 Å². The third-order valence-corrected chi connectivity index (χ3v) is 2.15. The zero-order valence-corrected chi connectivity index (χ0v) is 8.38. The molecule has 1 N–H and O–H groups in total. The van der Waals surface area contributed by atoms with Crippen LogP contribution in [0.25, 0.3) is 11.3 Å². The summed E-state index contributed by atoms with van der Waals surface area (Å²) in [5.74, 6) is 0.715. The molecule has 0 amide bonds. The minimum Gasteiger partial charge on any atom is -0.496 e. The van der Waals surface area contributed by atoms with Crippen molar-refractivity contribution in [3.63, 3.8) is 0 Å². The van der Waals surface area contributed by atoms with E-state index in [1.165, 1.54) is 0 Å². The van der Waals surface area contributed by atoms with Crippen molar-refractivity contribution in [3.8, 4) is 17.0 Å². The lowest BCUT2D eigenvalue weighted by molar-refractivity contribution is 0.416. The largest absolute Gasteiger partial charge is 0.496 e. The van der Waals surface area contributed by atoms with Gasteiger partial charge in [0.25, 0.3) is 0 Å². The Labute approximate surface area is 86.7 Å². The van der Waals surface area contributed by atoms with E-state index < -0.39 is 0 Å². The Hall–Kier alpha value is -1.48. The monoisotopic (exact) mass is 208 g/mol.